The zero-order valence-electron chi connectivity index (χ0n) is 13.5. The Balaban J connectivity index is 2.50. The highest BCUT2D eigenvalue weighted by Crippen LogP contribution is 2.30. The van der Waals surface area contributed by atoms with Crippen molar-refractivity contribution in [1.82, 2.24) is 10.3 Å². The number of hydrogen-bond donors (Lipinski definition) is 1. The van der Waals surface area contributed by atoms with Gasteiger partial charge >= 0.3 is 0 Å². The van der Waals surface area contributed by atoms with Gasteiger partial charge in [0.05, 0.1) is 0 Å². The number of thiazole rings is 1. The van der Waals surface area contributed by atoms with Gasteiger partial charge in [0.2, 0.25) is 0 Å². The number of rotatable bonds is 10. The lowest BCUT2D eigenvalue weighted by atomic mass is 10.0. The summed E-state index contributed by atoms with van der Waals surface area (Å²) in [4.78, 5) is 8.16. The second-order valence-corrected chi connectivity index (χ2v) is 7.35. The minimum Gasteiger partial charge on any atom is -0.349 e. The van der Waals surface area contributed by atoms with Gasteiger partial charge in [0, 0.05) is 42.0 Å². The van der Waals surface area contributed by atoms with E-state index in [1.807, 2.05) is 29.3 Å². The summed E-state index contributed by atoms with van der Waals surface area (Å²) in [5.74, 6) is 0. The van der Waals surface area contributed by atoms with Crippen LogP contribution in [-0.4, -0.2) is 35.6 Å². The number of nitrogens with one attached hydrogen (secondary N) is 1. The predicted molar refractivity (Wildman–Crippen MR) is 94.2 cm³/mol. The van der Waals surface area contributed by atoms with E-state index in [2.05, 4.69) is 49.2 Å². The average molecular weight is 316 g/mol. The van der Waals surface area contributed by atoms with Gasteiger partial charge in [-0.05, 0) is 32.9 Å². The van der Waals surface area contributed by atoms with Gasteiger partial charge in [-0.15, -0.1) is 11.3 Å². The van der Waals surface area contributed by atoms with Crippen molar-refractivity contribution in [3.8, 4) is 0 Å². The normalized spacial score (nSPS) is 11.8. The third-order valence-electron chi connectivity index (χ3n) is 4.04. The molecule has 0 aromatic carbocycles. The smallest absolute Gasteiger partial charge is 0.185 e. The molecule has 0 saturated carbocycles. The van der Waals surface area contributed by atoms with E-state index in [1.54, 1.807) is 0 Å². The SMILES string of the molecule is CCN(CC)c1ncc(CNCC(CC)(CC)SC)s1. The van der Waals surface area contributed by atoms with Crippen molar-refractivity contribution in [2.45, 2.75) is 51.8 Å². The second-order valence-electron chi connectivity index (χ2n) is 4.98. The van der Waals surface area contributed by atoms with Crippen LogP contribution in [0.5, 0.6) is 0 Å². The third-order valence-corrected chi connectivity index (χ3v) is 6.69. The topological polar surface area (TPSA) is 28.2 Å². The van der Waals surface area contributed by atoms with Crippen LogP contribution in [0.3, 0.4) is 0 Å². The van der Waals surface area contributed by atoms with Gasteiger partial charge in [-0.25, -0.2) is 4.98 Å². The van der Waals surface area contributed by atoms with E-state index in [0.717, 1.165) is 31.3 Å². The lowest BCUT2D eigenvalue weighted by Crippen LogP contribution is -2.36. The van der Waals surface area contributed by atoms with E-state index in [-0.39, 0.29) is 0 Å². The van der Waals surface area contributed by atoms with Crippen molar-refractivity contribution in [3.63, 3.8) is 0 Å². The molecule has 0 aliphatic carbocycles. The Bertz CT molecular complexity index is 363. The molecule has 1 aromatic heterocycles. The zero-order chi connectivity index (χ0) is 15.0. The Morgan fingerprint density at radius 3 is 2.40 bits per heavy atom. The molecule has 0 unspecified atom stereocenters. The molecule has 0 amide bonds. The van der Waals surface area contributed by atoms with Crippen LogP contribution in [0.1, 0.15) is 45.4 Å². The highest BCUT2D eigenvalue weighted by Gasteiger charge is 2.24. The number of thioether (sulfide) groups is 1. The summed E-state index contributed by atoms with van der Waals surface area (Å²) in [5, 5.41) is 4.76. The fourth-order valence-corrected chi connectivity index (χ4v) is 4.12. The van der Waals surface area contributed by atoms with Gasteiger partial charge in [0.15, 0.2) is 5.13 Å². The molecule has 1 rings (SSSR count). The minimum absolute atomic E-state index is 0.381. The van der Waals surface area contributed by atoms with E-state index in [9.17, 15) is 0 Å². The Morgan fingerprint density at radius 2 is 1.90 bits per heavy atom. The lowest BCUT2D eigenvalue weighted by Gasteiger charge is -2.29. The van der Waals surface area contributed by atoms with E-state index in [4.69, 9.17) is 0 Å². The van der Waals surface area contributed by atoms with Crippen LogP contribution >= 0.6 is 23.1 Å². The summed E-state index contributed by atoms with van der Waals surface area (Å²) in [7, 11) is 0. The molecule has 1 N–H and O–H groups in total. The highest BCUT2D eigenvalue weighted by atomic mass is 32.2. The molecule has 0 aliphatic rings. The first-order chi connectivity index (χ1) is 9.64. The van der Waals surface area contributed by atoms with Crippen molar-refractivity contribution in [2.24, 2.45) is 0 Å². The third kappa shape index (κ3) is 4.64. The summed E-state index contributed by atoms with van der Waals surface area (Å²) in [6.45, 7) is 13.0. The maximum Gasteiger partial charge on any atom is 0.185 e. The second kappa shape index (κ2) is 8.90. The molecule has 20 heavy (non-hydrogen) atoms. The van der Waals surface area contributed by atoms with Gasteiger partial charge in [0.25, 0.3) is 0 Å². The molecule has 0 radical (unpaired) electrons. The van der Waals surface area contributed by atoms with Crippen LogP contribution in [0, 0.1) is 0 Å². The van der Waals surface area contributed by atoms with E-state index >= 15 is 0 Å². The molecule has 3 nitrogen and oxygen atoms in total. The van der Waals surface area contributed by atoms with Crippen molar-refractivity contribution in [3.05, 3.63) is 11.1 Å². The van der Waals surface area contributed by atoms with E-state index in [0.29, 0.717) is 4.75 Å². The molecule has 5 heteroatoms. The quantitative estimate of drug-likeness (QED) is 0.706. The average Bonchev–Trinajstić information content (AvgIpc) is 2.94. The predicted octanol–water partition coefficient (Wildman–Crippen LogP) is 4.00. The molecule has 0 spiro atoms. The van der Waals surface area contributed by atoms with Gasteiger partial charge in [0.1, 0.15) is 0 Å². The Kier molecular flexibility index (Phi) is 7.92. The monoisotopic (exact) mass is 315 g/mol. The molecule has 1 heterocycles. The summed E-state index contributed by atoms with van der Waals surface area (Å²) < 4.78 is 0.381. The van der Waals surface area contributed by atoms with E-state index < -0.39 is 0 Å². The first-order valence-electron chi connectivity index (χ1n) is 7.60. The highest BCUT2D eigenvalue weighted by molar-refractivity contribution is 8.00. The van der Waals surface area contributed by atoms with Gasteiger partial charge < -0.3 is 10.2 Å². The Labute approximate surface area is 132 Å². The number of hydrogen-bond acceptors (Lipinski definition) is 5. The van der Waals surface area contributed by atoms with Gasteiger partial charge in [-0.3, -0.25) is 0 Å². The van der Waals surface area contributed by atoms with Crippen LogP contribution in [-0.2, 0) is 6.54 Å². The lowest BCUT2D eigenvalue weighted by molar-refractivity contribution is 0.496. The first kappa shape index (κ1) is 17.8. The number of aromatic nitrogens is 1. The molecular weight excluding hydrogens is 286 g/mol. The standard InChI is InChI=1S/C15H29N3S2/c1-6-15(7-2,19-5)12-16-10-13-11-17-14(20-13)18(8-3)9-4/h11,16H,6-10,12H2,1-5H3. The summed E-state index contributed by atoms with van der Waals surface area (Å²) in [6.07, 6.45) is 6.67. The van der Waals surface area contributed by atoms with Gasteiger partial charge in [-0.2, -0.15) is 11.8 Å². The molecule has 0 atom stereocenters. The van der Waals surface area contributed by atoms with Crippen LogP contribution < -0.4 is 10.2 Å². The molecule has 1 aromatic rings. The van der Waals surface area contributed by atoms with E-state index in [1.165, 1.54) is 17.7 Å². The molecular formula is C15H29N3S2. The Morgan fingerprint density at radius 1 is 1.25 bits per heavy atom. The van der Waals surface area contributed by atoms with Crippen molar-refractivity contribution < 1.29 is 0 Å². The minimum atomic E-state index is 0.381. The van der Waals surface area contributed by atoms with Crippen LogP contribution in [0.25, 0.3) is 0 Å². The number of nitrogens with zero attached hydrogens (tertiary/aromatic N) is 2. The van der Waals surface area contributed by atoms with Crippen molar-refractivity contribution in [2.75, 3.05) is 30.8 Å². The van der Waals surface area contributed by atoms with Crippen LogP contribution in [0.15, 0.2) is 6.20 Å². The Hall–Kier alpha value is -0.260. The van der Waals surface area contributed by atoms with Crippen molar-refractivity contribution >= 4 is 28.2 Å². The number of anilines is 1. The molecule has 0 bridgehead atoms. The summed E-state index contributed by atoms with van der Waals surface area (Å²) in [6, 6.07) is 0. The molecule has 0 aliphatic heterocycles. The molecule has 0 saturated heterocycles. The molecule has 0 fully saturated rings. The zero-order valence-corrected chi connectivity index (χ0v) is 15.2. The fourth-order valence-electron chi connectivity index (χ4n) is 2.29. The van der Waals surface area contributed by atoms with Crippen molar-refractivity contribution in [1.29, 1.82) is 0 Å². The molecule has 116 valence electrons. The fraction of sp³-hybridized carbons (Fsp3) is 0.800. The first-order valence-corrected chi connectivity index (χ1v) is 9.64. The maximum atomic E-state index is 4.53. The van der Waals surface area contributed by atoms with Crippen LogP contribution in [0.2, 0.25) is 0 Å². The summed E-state index contributed by atoms with van der Waals surface area (Å²) >= 11 is 3.80. The largest absolute Gasteiger partial charge is 0.349 e. The van der Waals surface area contributed by atoms with Crippen LogP contribution in [0.4, 0.5) is 5.13 Å². The van der Waals surface area contributed by atoms with Gasteiger partial charge in [-0.1, -0.05) is 13.8 Å². The maximum absolute atomic E-state index is 4.53. The summed E-state index contributed by atoms with van der Waals surface area (Å²) in [5.41, 5.74) is 0.